The fourth-order valence-corrected chi connectivity index (χ4v) is 6.98. The van der Waals surface area contributed by atoms with Crippen LogP contribution in [0.5, 0.6) is 0 Å². The highest BCUT2D eigenvalue weighted by Gasteiger charge is 2.39. The molecule has 0 aromatic heterocycles. The van der Waals surface area contributed by atoms with Crippen LogP contribution in [0.1, 0.15) is 98.3 Å². The number of ether oxygens (including phenoxy) is 1. The zero-order valence-electron chi connectivity index (χ0n) is 20.2. The highest BCUT2D eigenvalue weighted by molar-refractivity contribution is 7.99. The largest absolute Gasteiger partial charge is 0.500 e. The van der Waals surface area contributed by atoms with Crippen molar-refractivity contribution < 1.29 is 22.8 Å². The molecule has 0 aromatic rings. The van der Waals surface area contributed by atoms with Gasteiger partial charge < -0.3 is 18.0 Å². The van der Waals surface area contributed by atoms with Crippen LogP contribution >= 0.6 is 11.8 Å². The Morgan fingerprint density at radius 1 is 0.700 bits per heavy atom. The van der Waals surface area contributed by atoms with Gasteiger partial charge in [0.15, 0.2) is 0 Å². The van der Waals surface area contributed by atoms with Crippen LogP contribution < -0.4 is 0 Å². The van der Waals surface area contributed by atoms with Gasteiger partial charge in [-0.3, -0.25) is 4.79 Å². The number of carbonyl (C=O) groups is 1. The van der Waals surface area contributed by atoms with Gasteiger partial charge in [0.2, 0.25) is 0 Å². The average Bonchev–Trinajstić information content (AvgIpc) is 2.72. The molecule has 0 unspecified atom stereocenters. The summed E-state index contributed by atoms with van der Waals surface area (Å²) in [4.78, 5) is 11.9. The van der Waals surface area contributed by atoms with Gasteiger partial charge in [-0.05, 0) is 39.4 Å². The van der Waals surface area contributed by atoms with E-state index in [1.165, 1.54) is 51.4 Å². The molecule has 0 aliphatic carbocycles. The van der Waals surface area contributed by atoms with E-state index in [9.17, 15) is 4.79 Å². The SMILES string of the molecule is CCCCCCCCCCCCOC(=O)CSCCC[Si](OCC)(OCC)OCC. The second-order valence-corrected chi connectivity index (χ2v) is 11.4. The molecule has 0 amide bonds. The van der Waals surface area contributed by atoms with Crippen molar-refractivity contribution in [3.05, 3.63) is 0 Å². The first-order chi connectivity index (χ1) is 14.6. The molecule has 0 aliphatic rings. The predicted molar refractivity (Wildman–Crippen MR) is 130 cm³/mol. The Balaban J connectivity index is 3.62. The molecule has 30 heavy (non-hydrogen) atoms. The lowest BCUT2D eigenvalue weighted by atomic mass is 10.1. The summed E-state index contributed by atoms with van der Waals surface area (Å²) in [5, 5.41) is 0. The first kappa shape index (κ1) is 29.9. The maximum absolute atomic E-state index is 11.9. The summed E-state index contributed by atoms with van der Waals surface area (Å²) < 4.78 is 22.9. The van der Waals surface area contributed by atoms with Crippen molar-refractivity contribution in [3.63, 3.8) is 0 Å². The summed E-state index contributed by atoms with van der Waals surface area (Å²) in [5.74, 6) is 1.21. The number of hydrogen-bond donors (Lipinski definition) is 0. The number of unbranched alkanes of at least 4 members (excludes halogenated alkanes) is 9. The molecule has 0 aromatic carbocycles. The Morgan fingerprint density at radius 2 is 1.20 bits per heavy atom. The van der Waals surface area contributed by atoms with E-state index in [0.29, 0.717) is 32.2 Å². The topological polar surface area (TPSA) is 54.0 Å². The normalized spacial score (nSPS) is 11.7. The third kappa shape index (κ3) is 17.6. The van der Waals surface area contributed by atoms with Crippen LogP contribution in [-0.2, 0) is 22.8 Å². The van der Waals surface area contributed by atoms with Gasteiger partial charge in [0, 0.05) is 25.9 Å². The lowest BCUT2D eigenvalue weighted by Gasteiger charge is -2.28. The van der Waals surface area contributed by atoms with Gasteiger partial charge in [0.1, 0.15) is 0 Å². The summed E-state index contributed by atoms with van der Waals surface area (Å²) >= 11 is 1.62. The summed E-state index contributed by atoms with van der Waals surface area (Å²) in [6.07, 6.45) is 13.8. The van der Waals surface area contributed by atoms with Crippen molar-refractivity contribution in [2.45, 2.75) is 104 Å². The van der Waals surface area contributed by atoms with Crippen LogP contribution in [0.2, 0.25) is 6.04 Å². The smallest absolute Gasteiger partial charge is 0.465 e. The van der Waals surface area contributed by atoms with E-state index in [2.05, 4.69) is 6.92 Å². The highest BCUT2D eigenvalue weighted by atomic mass is 32.2. The Morgan fingerprint density at radius 3 is 1.70 bits per heavy atom. The molecule has 0 fully saturated rings. The van der Waals surface area contributed by atoms with Crippen molar-refractivity contribution in [1.29, 1.82) is 0 Å². The van der Waals surface area contributed by atoms with Gasteiger partial charge in [-0.15, -0.1) is 0 Å². The number of rotatable bonds is 23. The van der Waals surface area contributed by atoms with Crippen LogP contribution in [0.3, 0.4) is 0 Å². The van der Waals surface area contributed by atoms with Crippen LogP contribution in [0.15, 0.2) is 0 Å². The van der Waals surface area contributed by atoms with Crippen LogP contribution in [-0.4, -0.2) is 52.7 Å². The Kier molecular flexibility index (Phi) is 22.1. The summed E-state index contributed by atoms with van der Waals surface area (Å²) in [6.45, 7) is 10.5. The second kappa shape index (κ2) is 22.1. The van der Waals surface area contributed by atoms with Gasteiger partial charge in [0.25, 0.3) is 0 Å². The Bertz CT molecular complexity index is 368. The van der Waals surface area contributed by atoms with Gasteiger partial charge in [-0.2, -0.15) is 11.8 Å². The number of esters is 1. The molecule has 0 saturated heterocycles. The highest BCUT2D eigenvalue weighted by Crippen LogP contribution is 2.20. The summed E-state index contributed by atoms with van der Waals surface area (Å²) in [5.41, 5.74) is 0. The van der Waals surface area contributed by atoms with Crippen molar-refractivity contribution in [1.82, 2.24) is 0 Å². The molecule has 5 nitrogen and oxygen atoms in total. The zero-order valence-corrected chi connectivity index (χ0v) is 22.0. The third-order valence-electron chi connectivity index (χ3n) is 4.85. The van der Waals surface area contributed by atoms with Gasteiger partial charge in [-0.25, -0.2) is 0 Å². The van der Waals surface area contributed by atoms with E-state index in [-0.39, 0.29) is 5.97 Å². The van der Waals surface area contributed by atoms with Crippen molar-refractivity contribution >= 4 is 26.5 Å². The molecule has 0 bridgehead atoms. The molecule has 0 N–H and O–H groups in total. The van der Waals surface area contributed by atoms with Gasteiger partial charge in [0.05, 0.1) is 12.4 Å². The molecule has 0 saturated carbocycles. The van der Waals surface area contributed by atoms with E-state index in [1.807, 2.05) is 20.8 Å². The second-order valence-electron chi connectivity index (χ2n) is 7.54. The van der Waals surface area contributed by atoms with E-state index in [1.54, 1.807) is 11.8 Å². The molecule has 7 heteroatoms. The molecule has 0 atom stereocenters. The fraction of sp³-hybridized carbons (Fsp3) is 0.957. The van der Waals surface area contributed by atoms with Crippen molar-refractivity contribution in [3.8, 4) is 0 Å². The number of hydrogen-bond acceptors (Lipinski definition) is 6. The monoisotopic (exact) mass is 464 g/mol. The minimum atomic E-state index is -2.55. The maximum Gasteiger partial charge on any atom is 0.500 e. The molecular weight excluding hydrogens is 416 g/mol. The summed E-state index contributed by atoms with van der Waals surface area (Å²) in [6, 6.07) is 0.795. The van der Waals surface area contributed by atoms with Crippen LogP contribution in [0, 0.1) is 0 Å². The Labute approximate surface area is 191 Å². The first-order valence-corrected chi connectivity index (χ1v) is 15.4. The first-order valence-electron chi connectivity index (χ1n) is 12.3. The molecular formula is C23H48O5SSi. The third-order valence-corrected chi connectivity index (χ3v) is 9.01. The lowest BCUT2D eigenvalue weighted by molar-refractivity contribution is -0.140. The number of carbonyl (C=O) groups excluding carboxylic acids is 1. The van der Waals surface area contributed by atoms with E-state index in [0.717, 1.165) is 31.1 Å². The van der Waals surface area contributed by atoms with E-state index >= 15 is 0 Å². The predicted octanol–water partition coefficient (Wildman–Crippen LogP) is 6.62. The van der Waals surface area contributed by atoms with Gasteiger partial charge in [-0.1, -0.05) is 64.7 Å². The molecule has 0 radical (unpaired) electrons. The molecule has 0 rings (SSSR count). The summed E-state index contributed by atoms with van der Waals surface area (Å²) in [7, 11) is -2.55. The quantitative estimate of drug-likeness (QED) is 0.0961. The molecule has 0 heterocycles. The maximum atomic E-state index is 11.9. The van der Waals surface area contributed by atoms with Crippen molar-refractivity contribution in [2.24, 2.45) is 0 Å². The minimum Gasteiger partial charge on any atom is -0.465 e. The van der Waals surface area contributed by atoms with Crippen LogP contribution in [0.4, 0.5) is 0 Å². The Hall–Kier alpha value is -0.0831. The lowest BCUT2D eigenvalue weighted by Crippen LogP contribution is -2.46. The minimum absolute atomic E-state index is 0.0983. The zero-order chi connectivity index (χ0) is 22.3. The molecule has 180 valence electrons. The fourth-order valence-electron chi connectivity index (χ4n) is 3.36. The number of thioether (sulfide) groups is 1. The standard InChI is InChI=1S/C23H48O5SSi/c1-5-9-10-11-12-13-14-15-16-17-19-25-23(24)22-29-20-18-21-30(26-6-2,27-7-3)28-8-4/h5-22H2,1-4H3. The van der Waals surface area contributed by atoms with E-state index in [4.69, 9.17) is 18.0 Å². The van der Waals surface area contributed by atoms with E-state index < -0.39 is 8.80 Å². The van der Waals surface area contributed by atoms with Gasteiger partial charge >= 0.3 is 14.8 Å². The van der Waals surface area contributed by atoms with Crippen molar-refractivity contribution in [2.75, 3.05) is 37.9 Å². The van der Waals surface area contributed by atoms with Crippen LogP contribution in [0.25, 0.3) is 0 Å². The molecule has 0 spiro atoms. The molecule has 0 aliphatic heterocycles. The average molecular weight is 465 g/mol.